The van der Waals surface area contributed by atoms with Crippen LogP contribution in [0.5, 0.6) is 0 Å². The van der Waals surface area contributed by atoms with E-state index in [1.165, 1.54) is 6.07 Å². The molecule has 1 rings (SSSR count). The largest absolute Gasteiger partial charge is 0.478 e. The van der Waals surface area contributed by atoms with Crippen LogP contribution in [0, 0.1) is 5.82 Å². The minimum atomic E-state index is -1.23. The molecule has 1 aromatic rings. The van der Waals surface area contributed by atoms with Crippen LogP contribution in [0.1, 0.15) is 29.8 Å². The van der Waals surface area contributed by atoms with E-state index in [2.05, 4.69) is 0 Å². The van der Waals surface area contributed by atoms with Crippen LogP contribution in [0.25, 0.3) is 0 Å². The third kappa shape index (κ3) is 2.79. The molecule has 0 spiro atoms. The van der Waals surface area contributed by atoms with Gasteiger partial charge >= 0.3 is 5.97 Å². The fourth-order valence-electron chi connectivity index (χ4n) is 1.32. The molecule has 0 radical (unpaired) electrons. The van der Waals surface area contributed by atoms with Gasteiger partial charge in [-0.2, -0.15) is 0 Å². The van der Waals surface area contributed by atoms with Crippen molar-refractivity contribution in [2.24, 2.45) is 0 Å². The molecule has 3 nitrogen and oxygen atoms in total. The molecule has 0 amide bonds. The van der Waals surface area contributed by atoms with Gasteiger partial charge < -0.3 is 5.11 Å². The van der Waals surface area contributed by atoms with Gasteiger partial charge in [-0.15, -0.1) is 0 Å². The van der Waals surface area contributed by atoms with Crippen LogP contribution in [-0.4, -0.2) is 29.1 Å². The zero-order valence-electron chi connectivity index (χ0n) is 9.70. The molecule has 0 aromatic heterocycles. The zero-order chi connectivity index (χ0) is 12.3. The predicted molar refractivity (Wildman–Crippen MR) is 60.0 cm³/mol. The second-order valence-corrected chi connectivity index (χ2v) is 4.09. The fourth-order valence-corrected chi connectivity index (χ4v) is 1.32. The van der Waals surface area contributed by atoms with Gasteiger partial charge in [-0.1, -0.05) is 12.1 Å². The molecule has 0 fully saturated rings. The Morgan fingerprint density at radius 2 is 2.12 bits per heavy atom. The van der Waals surface area contributed by atoms with E-state index < -0.39 is 11.8 Å². The smallest absolute Gasteiger partial charge is 0.338 e. The number of benzene rings is 1. The molecule has 0 saturated heterocycles. The minimum Gasteiger partial charge on any atom is -0.478 e. The summed E-state index contributed by atoms with van der Waals surface area (Å²) in [6, 6.07) is 4.74. The lowest BCUT2D eigenvalue weighted by atomic mass is 10.1. The Kier molecular flexibility index (Phi) is 4.01. The van der Waals surface area contributed by atoms with Crippen molar-refractivity contribution in [3.05, 3.63) is 35.1 Å². The lowest BCUT2D eigenvalue weighted by molar-refractivity contribution is 0.0691. The summed E-state index contributed by atoms with van der Waals surface area (Å²) in [5.74, 6) is -1.87. The highest BCUT2D eigenvalue weighted by Crippen LogP contribution is 2.15. The molecule has 0 bridgehead atoms. The summed E-state index contributed by atoms with van der Waals surface area (Å²) >= 11 is 0. The van der Waals surface area contributed by atoms with E-state index >= 15 is 0 Å². The molecule has 0 aliphatic rings. The van der Waals surface area contributed by atoms with Gasteiger partial charge in [0.25, 0.3) is 0 Å². The summed E-state index contributed by atoms with van der Waals surface area (Å²) in [7, 11) is 1.87. The van der Waals surface area contributed by atoms with Crippen molar-refractivity contribution in [1.29, 1.82) is 0 Å². The van der Waals surface area contributed by atoms with E-state index in [1.807, 2.05) is 25.8 Å². The molecule has 1 N–H and O–H groups in total. The van der Waals surface area contributed by atoms with E-state index in [1.54, 1.807) is 12.1 Å². The van der Waals surface area contributed by atoms with Crippen LogP contribution in [-0.2, 0) is 6.54 Å². The van der Waals surface area contributed by atoms with Crippen molar-refractivity contribution in [3.8, 4) is 0 Å². The van der Waals surface area contributed by atoms with Crippen LogP contribution in [0.2, 0.25) is 0 Å². The van der Waals surface area contributed by atoms with Crippen LogP contribution in [0.3, 0.4) is 0 Å². The number of halogens is 1. The Labute approximate surface area is 94.5 Å². The molecule has 0 aliphatic heterocycles. The van der Waals surface area contributed by atoms with Crippen molar-refractivity contribution in [2.45, 2.75) is 26.4 Å². The Balaban J connectivity index is 2.98. The summed E-state index contributed by atoms with van der Waals surface area (Å²) in [6.07, 6.45) is 0. The monoisotopic (exact) mass is 225 g/mol. The van der Waals surface area contributed by atoms with Crippen LogP contribution in [0.4, 0.5) is 4.39 Å². The van der Waals surface area contributed by atoms with Gasteiger partial charge in [-0.05, 0) is 27.0 Å². The van der Waals surface area contributed by atoms with Crippen molar-refractivity contribution in [2.75, 3.05) is 7.05 Å². The number of hydrogen-bond acceptors (Lipinski definition) is 2. The first-order valence-corrected chi connectivity index (χ1v) is 5.14. The van der Waals surface area contributed by atoms with Crippen molar-refractivity contribution >= 4 is 5.97 Å². The molecule has 0 heterocycles. The third-order valence-electron chi connectivity index (χ3n) is 2.61. The van der Waals surface area contributed by atoms with Gasteiger partial charge in [0.05, 0.1) is 5.56 Å². The van der Waals surface area contributed by atoms with Gasteiger partial charge in [-0.25, -0.2) is 9.18 Å². The van der Waals surface area contributed by atoms with E-state index in [9.17, 15) is 9.18 Å². The van der Waals surface area contributed by atoms with Crippen LogP contribution < -0.4 is 0 Å². The third-order valence-corrected chi connectivity index (χ3v) is 2.61. The Morgan fingerprint density at radius 1 is 1.50 bits per heavy atom. The maximum Gasteiger partial charge on any atom is 0.338 e. The summed E-state index contributed by atoms with van der Waals surface area (Å²) in [4.78, 5) is 12.7. The van der Waals surface area contributed by atoms with E-state index in [4.69, 9.17) is 5.11 Å². The topological polar surface area (TPSA) is 40.5 Å². The van der Waals surface area contributed by atoms with Crippen molar-refractivity contribution < 1.29 is 14.3 Å². The summed E-state index contributed by atoms with van der Waals surface area (Å²) in [6.45, 7) is 4.41. The van der Waals surface area contributed by atoms with E-state index in [-0.39, 0.29) is 11.6 Å². The maximum absolute atomic E-state index is 13.7. The highest BCUT2D eigenvalue weighted by Gasteiger charge is 2.15. The molecular weight excluding hydrogens is 209 g/mol. The number of carboxylic acid groups (broad SMARTS) is 1. The number of carbonyl (C=O) groups is 1. The molecular formula is C12H16FNO2. The van der Waals surface area contributed by atoms with E-state index in [0.29, 0.717) is 12.1 Å². The van der Waals surface area contributed by atoms with Crippen LogP contribution >= 0.6 is 0 Å². The second kappa shape index (κ2) is 5.07. The highest BCUT2D eigenvalue weighted by molar-refractivity contribution is 5.88. The van der Waals surface area contributed by atoms with Gasteiger partial charge in [0, 0.05) is 18.2 Å². The first-order valence-electron chi connectivity index (χ1n) is 5.14. The Bertz CT molecular complexity index is 391. The van der Waals surface area contributed by atoms with Gasteiger partial charge in [0.1, 0.15) is 5.82 Å². The highest BCUT2D eigenvalue weighted by atomic mass is 19.1. The first kappa shape index (κ1) is 12.6. The number of carboxylic acids is 1. The predicted octanol–water partition coefficient (Wildman–Crippen LogP) is 2.36. The normalized spacial score (nSPS) is 11.1. The van der Waals surface area contributed by atoms with Crippen molar-refractivity contribution in [1.82, 2.24) is 4.90 Å². The average Bonchev–Trinajstić information content (AvgIpc) is 2.20. The summed E-state index contributed by atoms with van der Waals surface area (Å²) < 4.78 is 13.7. The molecule has 88 valence electrons. The number of rotatable bonds is 4. The molecule has 1 aromatic carbocycles. The number of nitrogens with zero attached hydrogens (tertiary/aromatic N) is 1. The molecule has 16 heavy (non-hydrogen) atoms. The quantitative estimate of drug-likeness (QED) is 0.855. The minimum absolute atomic E-state index is 0.269. The molecule has 4 heteroatoms. The Hall–Kier alpha value is -1.42. The number of hydrogen-bond donors (Lipinski definition) is 1. The number of aromatic carboxylic acids is 1. The fraction of sp³-hybridized carbons (Fsp3) is 0.417. The average molecular weight is 225 g/mol. The summed E-state index contributed by atoms with van der Waals surface area (Å²) in [5.41, 5.74) is 0.144. The maximum atomic E-state index is 13.7. The zero-order valence-corrected chi connectivity index (χ0v) is 9.70. The lowest BCUT2D eigenvalue weighted by Gasteiger charge is -2.21. The molecule has 0 saturated carbocycles. The van der Waals surface area contributed by atoms with Gasteiger partial charge in [0.2, 0.25) is 0 Å². The van der Waals surface area contributed by atoms with Gasteiger partial charge in [-0.3, -0.25) is 4.90 Å². The van der Waals surface area contributed by atoms with Crippen molar-refractivity contribution in [3.63, 3.8) is 0 Å². The molecule has 0 aliphatic carbocycles. The van der Waals surface area contributed by atoms with Gasteiger partial charge in [0.15, 0.2) is 0 Å². The lowest BCUT2D eigenvalue weighted by Crippen LogP contribution is -2.26. The molecule has 0 unspecified atom stereocenters. The Morgan fingerprint density at radius 3 is 2.62 bits per heavy atom. The summed E-state index contributed by atoms with van der Waals surface area (Å²) in [5, 5.41) is 8.78. The first-order chi connectivity index (χ1) is 7.43. The molecule has 0 atom stereocenters. The second-order valence-electron chi connectivity index (χ2n) is 4.09. The van der Waals surface area contributed by atoms with E-state index in [0.717, 1.165) is 0 Å². The van der Waals surface area contributed by atoms with Crippen LogP contribution in [0.15, 0.2) is 18.2 Å². The SMILES string of the molecule is CC(C)N(C)Cc1cccc(C(=O)O)c1F. The standard InChI is InChI=1S/C12H16FNO2/c1-8(2)14(3)7-9-5-4-6-10(11(9)13)12(15)16/h4-6,8H,7H2,1-3H3,(H,15,16).